The molecule has 1 amide bonds. The zero-order valence-corrected chi connectivity index (χ0v) is 13.1. The summed E-state index contributed by atoms with van der Waals surface area (Å²) in [6.07, 6.45) is 1.52. The minimum Gasteiger partial charge on any atom is -0.480 e. The Morgan fingerprint density at radius 1 is 1.30 bits per heavy atom. The number of carboxylic acids is 1. The molecule has 0 saturated heterocycles. The lowest BCUT2D eigenvalue weighted by molar-refractivity contribution is -0.145. The number of carboxylic acid groups (broad SMARTS) is 1. The highest BCUT2D eigenvalue weighted by atomic mass is 16.4. The molecule has 0 aromatic rings. The van der Waals surface area contributed by atoms with Crippen molar-refractivity contribution in [1.29, 1.82) is 0 Å². The molecule has 1 aliphatic carbocycles. The van der Waals surface area contributed by atoms with E-state index in [1.54, 1.807) is 13.8 Å². The Morgan fingerprint density at radius 2 is 1.85 bits per heavy atom. The molecule has 0 aromatic heterocycles. The van der Waals surface area contributed by atoms with Crippen LogP contribution in [0.4, 0.5) is 0 Å². The Morgan fingerprint density at radius 3 is 2.30 bits per heavy atom. The van der Waals surface area contributed by atoms with E-state index in [4.69, 9.17) is 5.73 Å². The van der Waals surface area contributed by atoms with Crippen molar-refractivity contribution in [3.8, 4) is 0 Å². The summed E-state index contributed by atoms with van der Waals surface area (Å²) < 4.78 is 0. The van der Waals surface area contributed by atoms with E-state index in [0.29, 0.717) is 0 Å². The fourth-order valence-corrected chi connectivity index (χ4v) is 3.09. The van der Waals surface area contributed by atoms with Gasteiger partial charge in [-0.3, -0.25) is 4.79 Å². The summed E-state index contributed by atoms with van der Waals surface area (Å²) in [6, 6.07) is -0.723. The Labute approximate surface area is 121 Å². The largest absolute Gasteiger partial charge is 0.480 e. The lowest BCUT2D eigenvalue weighted by Crippen LogP contribution is -2.54. The van der Waals surface area contributed by atoms with Gasteiger partial charge >= 0.3 is 5.97 Å². The summed E-state index contributed by atoms with van der Waals surface area (Å²) in [7, 11) is 0. The molecule has 0 aliphatic heterocycles. The van der Waals surface area contributed by atoms with Crippen molar-refractivity contribution in [3.63, 3.8) is 0 Å². The predicted octanol–water partition coefficient (Wildman–Crippen LogP) is 1.61. The van der Waals surface area contributed by atoms with Crippen LogP contribution in [0.5, 0.6) is 0 Å². The van der Waals surface area contributed by atoms with Crippen LogP contribution in [-0.2, 0) is 9.59 Å². The lowest BCUT2D eigenvalue weighted by atomic mass is 9.61. The molecule has 20 heavy (non-hydrogen) atoms. The number of carbonyl (C=O) groups is 2. The highest BCUT2D eigenvalue weighted by Crippen LogP contribution is 2.44. The Bertz CT molecular complexity index is 379. The van der Waals surface area contributed by atoms with E-state index in [-0.39, 0.29) is 35.1 Å². The van der Waals surface area contributed by atoms with Gasteiger partial charge < -0.3 is 16.2 Å². The Hall–Kier alpha value is -1.10. The number of amides is 1. The van der Waals surface area contributed by atoms with Gasteiger partial charge in [-0.2, -0.15) is 0 Å². The third kappa shape index (κ3) is 3.32. The number of nitrogens with one attached hydrogen (secondary N) is 1. The van der Waals surface area contributed by atoms with Crippen LogP contribution >= 0.6 is 0 Å². The Balaban J connectivity index is 2.84. The fraction of sp³-hybridized carbons (Fsp3) is 0.867. The molecule has 3 unspecified atom stereocenters. The minimum atomic E-state index is -0.980. The number of hydrogen-bond acceptors (Lipinski definition) is 3. The van der Waals surface area contributed by atoms with Crippen LogP contribution in [0.15, 0.2) is 0 Å². The fourth-order valence-electron chi connectivity index (χ4n) is 3.09. The molecule has 0 bridgehead atoms. The number of carbonyl (C=O) groups excluding carboxylic acids is 1. The van der Waals surface area contributed by atoms with Crippen LogP contribution in [0.25, 0.3) is 0 Å². The van der Waals surface area contributed by atoms with Gasteiger partial charge in [0.05, 0.1) is 0 Å². The van der Waals surface area contributed by atoms with E-state index in [1.807, 2.05) is 13.8 Å². The molecule has 1 fully saturated rings. The zero-order chi connectivity index (χ0) is 15.7. The van der Waals surface area contributed by atoms with E-state index < -0.39 is 12.0 Å². The van der Waals surface area contributed by atoms with Crippen LogP contribution in [0, 0.1) is 23.2 Å². The van der Waals surface area contributed by atoms with E-state index in [2.05, 4.69) is 12.2 Å². The number of rotatable bonds is 4. The number of aliphatic carboxylic acids is 1. The second-order valence-electron chi connectivity index (χ2n) is 6.97. The van der Waals surface area contributed by atoms with Crippen molar-refractivity contribution in [2.75, 3.05) is 0 Å². The number of nitrogens with two attached hydrogens (primary N) is 1. The van der Waals surface area contributed by atoms with Crippen molar-refractivity contribution in [2.45, 2.75) is 59.5 Å². The summed E-state index contributed by atoms with van der Waals surface area (Å²) >= 11 is 0. The van der Waals surface area contributed by atoms with E-state index in [1.165, 1.54) is 0 Å². The van der Waals surface area contributed by atoms with Crippen LogP contribution in [-0.4, -0.2) is 29.1 Å². The molecular formula is C15H28N2O3. The third-order valence-electron chi connectivity index (χ3n) is 5.05. The molecule has 5 nitrogen and oxygen atoms in total. The van der Waals surface area contributed by atoms with Gasteiger partial charge in [0, 0.05) is 12.0 Å². The summed E-state index contributed by atoms with van der Waals surface area (Å²) in [6.45, 7) is 9.76. The van der Waals surface area contributed by atoms with Crippen LogP contribution in [0.2, 0.25) is 0 Å². The van der Waals surface area contributed by atoms with Crippen molar-refractivity contribution in [2.24, 2.45) is 28.9 Å². The molecule has 0 radical (unpaired) electrons. The van der Waals surface area contributed by atoms with E-state index >= 15 is 0 Å². The van der Waals surface area contributed by atoms with Gasteiger partial charge in [-0.15, -0.1) is 0 Å². The van der Waals surface area contributed by atoms with Gasteiger partial charge in [-0.1, -0.05) is 34.6 Å². The average Bonchev–Trinajstić information content (AvgIpc) is 2.32. The first-order chi connectivity index (χ1) is 9.09. The van der Waals surface area contributed by atoms with Gasteiger partial charge in [0.1, 0.15) is 6.04 Å². The Kier molecular flexibility index (Phi) is 5.19. The molecule has 4 atom stereocenters. The van der Waals surface area contributed by atoms with Gasteiger partial charge in [-0.05, 0) is 30.1 Å². The van der Waals surface area contributed by atoms with Gasteiger partial charge in [0.15, 0.2) is 0 Å². The maximum Gasteiger partial charge on any atom is 0.326 e. The van der Waals surface area contributed by atoms with Crippen molar-refractivity contribution in [3.05, 3.63) is 0 Å². The van der Waals surface area contributed by atoms with Crippen molar-refractivity contribution in [1.82, 2.24) is 5.32 Å². The second-order valence-corrected chi connectivity index (χ2v) is 6.97. The first kappa shape index (κ1) is 17.0. The number of hydrogen-bond donors (Lipinski definition) is 3. The highest BCUT2D eigenvalue weighted by Gasteiger charge is 2.45. The topological polar surface area (TPSA) is 92.4 Å². The monoisotopic (exact) mass is 284 g/mol. The van der Waals surface area contributed by atoms with Crippen molar-refractivity contribution >= 4 is 11.9 Å². The zero-order valence-electron chi connectivity index (χ0n) is 13.1. The molecule has 116 valence electrons. The first-order valence-corrected chi connectivity index (χ1v) is 7.37. The summed E-state index contributed by atoms with van der Waals surface area (Å²) in [5.41, 5.74) is 5.87. The highest BCUT2D eigenvalue weighted by molar-refractivity contribution is 5.85. The SMILES string of the molecule is CC(C)[C@@H](NC(=O)C1CCC(N)C(C)C1(C)C)C(=O)O. The quantitative estimate of drug-likeness (QED) is 0.731. The summed E-state index contributed by atoms with van der Waals surface area (Å²) in [4.78, 5) is 23.7. The second kappa shape index (κ2) is 6.12. The van der Waals surface area contributed by atoms with Gasteiger partial charge in [-0.25, -0.2) is 4.79 Å². The van der Waals surface area contributed by atoms with E-state index in [0.717, 1.165) is 12.8 Å². The van der Waals surface area contributed by atoms with Gasteiger partial charge in [0.2, 0.25) is 5.91 Å². The average molecular weight is 284 g/mol. The molecular weight excluding hydrogens is 256 g/mol. The van der Waals surface area contributed by atoms with Crippen LogP contribution in [0.1, 0.15) is 47.5 Å². The third-order valence-corrected chi connectivity index (χ3v) is 5.05. The van der Waals surface area contributed by atoms with Gasteiger partial charge in [0.25, 0.3) is 0 Å². The smallest absolute Gasteiger partial charge is 0.326 e. The van der Waals surface area contributed by atoms with Crippen molar-refractivity contribution < 1.29 is 14.7 Å². The minimum absolute atomic E-state index is 0.106. The molecule has 5 heteroatoms. The predicted molar refractivity (Wildman–Crippen MR) is 78.0 cm³/mol. The molecule has 4 N–H and O–H groups in total. The summed E-state index contributed by atoms with van der Waals surface area (Å²) in [5, 5.41) is 11.9. The molecule has 0 heterocycles. The summed E-state index contributed by atoms with van der Waals surface area (Å²) in [5.74, 6) is -1.23. The first-order valence-electron chi connectivity index (χ1n) is 7.37. The maximum absolute atomic E-state index is 12.5. The van der Waals surface area contributed by atoms with E-state index in [9.17, 15) is 14.7 Å². The maximum atomic E-state index is 12.5. The molecule has 0 spiro atoms. The molecule has 0 aromatic carbocycles. The van der Waals surface area contributed by atoms with Crippen LogP contribution in [0.3, 0.4) is 0 Å². The molecule has 1 rings (SSSR count). The normalized spacial score (nSPS) is 30.9. The lowest BCUT2D eigenvalue weighted by Gasteiger charge is -2.46. The molecule has 1 saturated carbocycles. The standard InChI is InChI=1S/C15H28N2O3/c1-8(2)12(14(19)20)17-13(18)10-6-7-11(16)9(3)15(10,4)5/h8-12H,6-7,16H2,1-5H3,(H,17,18)(H,19,20)/t9?,10?,11?,12-/m1/s1. The molecule has 1 aliphatic rings. The van der Waals surface area contributed by atoms with Crippen LogP contribution < -0.4 is 11.1 Å².